The summed E-state index contributed by atoms with van der Waals surface area (Å²) in [7, 11) is -2.27. The van der Waals surface area contributed by atoms with E-state index in [0.717, 1.165) is 16.8 Å². The second-order valence-electron chi connectivity index (χ2n) is 7.67. The van der Waals surface area contributed by atoms with Crippen LogP contribution in [0.5, 0.6) is 5.75 Å². The van der Waals surface area contributed by atoms with E-state index in [0.29, 0.717) is 28.5 Å². The van der Waals surface area contributed by atoms with Crippen molar-refractivity contribution in [3.8, 4) is 5.75 Å². The molecule has 0 atom stereocenters. The number of nitrogens with zero attached hydrogens (tertiary/aromatic N) is 1. The Morgan fingerprint density at radius 3 is 2.42 bits per heavy atom. The molecule has 1 N–H and O–H groups in total. The number of hydrogen-bond acceptors (Lipinski definition) is 4. The summed E-state index contributed by atoms with van der Waals surface area (Å²) < 4.78 is 32.9. The second-order valence-corrected chi connectivity index (χ2v) is 10.2. The van der Waals surface area contributed by atoms with E-state index in [2.05, 4.69) is 5.32 Å². The summed E-state index contributed by atoms with van der Waals surface area (Å²) in [5.74, 6) is 0.246. The zero-order valence-electron chi connectivity index (χ0n) is 19.1. The smallest absolute Gasteiger partial charge is 0.255 e. The molecule has 1 amide bonds. The molecule has 0 saturated carbocycles. The van der Waals surface area contributed by atoms with Crippen molar-refractivity contribution in [1.29, 1.82) is 0 Å². The van der Waals surface area contributed by atoms with E-state index in [4.69, 9.17) is 16.3 Å². The lowest BCUT2D eigenvalue weighted by molar-refractivity contribution is 0.102. The fourth-order valence-electron chi connectivity index (χ4n) is 3.33. The first kappa shape index (κ1) is 24.8. The van der Waals surface area contributed by atoms with Gasteiger partial charge in [0.25, 0.3) is 5.91 Å². The number of sulfonamides is 1. The Morgan fingerprint density at radius 2 is 1.76 bits per heavy atom. The molecule has 0 bridgehead atoms. The highest BCUT2D eigenvalue weighted by molar-refractivity contribution is 7.89. The molecule has 0 spiro atoms. The molecule has 3 aromatic rings. The van der Waals surface area contributed by atoms with Crippen molar-refractivity contribution in [2.24, 2.45) is 0 Å². The van der Waals surface area contributed by atoms with Gasteiger partial charge < -0.3 is 10.1 Å². The van der Waals surface area contributed by atoms with Crippen molar-refractivity contribution >= 4 is 33.2 Å². The molecule has 0 aliphatic rings. The van der Waals surface area contributed by atoms with Crippen LogP contribution in [0.2, 0.25) is 5.02 Å². The molecule has 0 heterocycles. The highest BCUT2D eigenvalue weighted by Gasteiger charge is 2.23. The molecule has 0 aliphatic carbocycles. The van der Waals surface area contributed by atoms with E-state index in [1.807, 2.05) is 39.0 Å². The Morgan fingerprint density at radius 1 is 1.06 bits per heavy atom. The number of nitrogens with one attached hydrogen (secondary N) is 1. The lowest BCUT2D eigenvalue weighted by atomic mass is 10.1. The second kappa shape index (κ2) is 10.4. The van der Waals surface area contributed by atoms with Gasteiger partial charge >= 0.3 is 0 Å². The van der Waals surface area contributed by atoms with Gasteiger partial charge in [0.15, 0.2) is 0 Å². The van der Waals surface area contributed by atoms with Crippen LogP contribution < -0.4 is 10.1 Å². The molecule has 0 aliphatic heterocycles. The molecule has 174 valence electrons. The fraction of sp³-hybridized carbons (Fsp3) is 0.240. The topological polar surface area (TPSA) is 75.7 Å². The van der Waals surface area contributed by atoms with Crippen molar-refractivity contribution in [2.75, 3.05) is 19.0 Å². The van der Waals surface area contributed by atoms with E-state index in [1.54, 1.807) is 18.2 Å². The highest BCUT2D eigenvalue weighted by atomic mass is 35.5. The average Bonchev–Trinajstić information content (AvgIpc) is 2.78. The van der Waals surface area contributed by atoms with Crippen LogP contribution in [0.25, 0.3) is 0 Å². The number of rotatable bonds is 8. The molecular weight excluding hydrogens is 460 g/mol. The predicted molar refractivity (Wildman–Crippen MR) is 132 cm³/mol. The normalized spacial score (nSPS) is 11.5. The zero-order chi connectivity index (χ0) is 24.2. The molecule has 33 heavy (non-hydrogen) atoms. The third-order valence-electron chi connectivity index (χ3n) is 5.39. The van der Waals surface area contributed by atoms with Gasteiger partial charge in [-0.15, -0.1) is 0 Å². The number of benzene rings is 3. The summed E-state index contributed by atoms with van der Waals surface area (Å²) >= 11 is 5.89. The molecule has 0 unspecified atom stereocenters. The first-order valence-corrected chi connectivity index (χ1v) is 12.3. The maximum absolute atomic E-state index is 13.0. The molecular formula is C25H27ClN2O4S. The highest BCUT2D eigenvalue weighted by Crippen LogP contribution is 2.26. The summed E-state index contributed by atoms with van der Waals surface area (Å²) in [6, 6.07) is 16.7. The van der Waals surface area contributed by atoms with E-state index in [9.17, 15) is 13.2 Å². The Kier molecular flexibility index (Phi) is 7.79. The first-order chi connectivity index (χ1) is 15.6. The van der Waals surface area contributed by atoms with Gasteiger partial charge in [-0.25, -0.2) is 8.42 Å². The van der Waals surface area contributed by atoms with Crippen LogP contribution in [0.15, 0.2) is 65.6 Å². The molecule has 0 fully saturated rings. The van der Waals surface area contributed by atoms with E-state index in [1.165, 1.54) is 35.6 Å². The lowest BCUT2D eigenvalue weighted by Gasteiger charge is -2.20. The largest absolute Gasteiger partial charge is 0.494 e. The number of ether oxygens (including phenoxy) is 1. The SMILES string of the molecule is CCOc1ccc(C(=O)Nc2cccc(C)c2C)cc1CN(C)S(=O)(=O)c1ccc(Cl)cc1. The molecule has 0 aromatic heterocycles. The molecule has 3 aromatic carbocycles. The average molecular weight is 487 g/mol. The number of carbonyl (C=O) groups excluding carboxylic acids is 1. The van der Waals surface area contributed by atoms with Gasteiger partial charge in [-0.2, -0.15) is 4.31 Å². The van der Waals surface area contributed by atoms with Gasteiger partial charge in [0.05, 0.1) is 11.5 Å². The van der Waals surface area contributed by atoms with E-state index >= 15 is 0 Å². The standard InChI is InChI=1S/C25H27ClN2O4S/c1-5-32-24-14-9-19(25(29)27-23-8-6-7-17(2)18(23)3)15-20(24)16-28(4)33(30,31)22-12-10-21(26)11-13-22/h6-15H,5,16H2,1-4H3,(H,27,29). The monoisotopic (exact) mass is 486 g/mol. The van der Waals surface area contributed by atoms with Crippen LogP contribution in [-0.2, 0) is 16.6 Å². The summed E-state index contributed by atoms with van der Waals surface area (Å²) in [5.41, 5.74) is 3.80. The van der Waals surface area contributed by atoms with Crippen LogP contribution in [0.1, 0.15) is 34.0 Å². The molecule has 8 heteroatoms. The van der Waals surface area contributed by atoms with Crippen molar-refractivity contribution < 1.29 is 17.9 Å². The summed E-state index contributed by atoms with van der Waals surface area (Å²) in [6.07, 6.45) is 0. The van der Waals surface area contributed by atoms with Crippen LogP contribution in [0, 0.1) is 13.8 Å². The maximum Gasteiger partial charge on any atom is 0.255 e. The van der Waals surface area contributed by atoms with Crippen molar-refractivity contribution in [2.45, 2.75) is 32.2 Å². The third-order valence-corrected chi connectivity index (χ3v) is 7.46. The fourth-order valence-corrected chi connectivity index (χ4v) is 4.61. The van der Waals surface area contributed by atoms with Gasteiger partial charge in [0.2, 0.25) is 10.0 Å². The first-order valence-electron chi connectivity index (χ1n) is 10.5. The number of aryl methyl sites for hydroxylation is 1. The minimum atomic E-state index is -3.76. The minimum absolute atomic E-state index is 0.0326. The molecule has 3 rings (SSSR count). The Labute approximate surface area is 200 Å². The van der Waals surface area contributed by atoms with E-state index in [-0.39, 0.29) is 17.3 Å². The minimum Gasteiger partial charge on any atom is -0.494 e. The van der Waals surface area contributed by atoms with Crippen molar-refractivity contribution in [3.05, 3.63) is 87.9 Å². The zero-order valence-corrected chi connectivity index (χ0v) is 20.6. The maximum atomic E-state index is 13.0. The van der Waals surface area contributed by atoms with E-state index < -0.39 is 10.0 Å². The van der Waals surface area contributed by atoms with Gasteiger partial charge in [-0.3, -0.25) is 4.79 Å². The van der Waals surface area contributed by atoms with Crippen LogP contribution in [0.4, 0.5) is 5.69 Å². The lowest BCUT2D eigenvalue weighted by Crippen LogP contribution is -2.27. The third kappa shape index (κ3) is 5.74. The molecule has 0 radical (unpaired) electrons. The number of anilines is 1. The number of amides is 1. The van der Waals surface area contributed by atoms with Gasteiger partial charge in [-0.1, -0.05) is 23.7 Å². The Bertz CT molecular complexity index is 1260. The van der Waals surface area contributed by atoms with Crippen molar-refractivity contribution in [3.63, 3.8) is 0 Å². The number of halogens is 1. The van der Waals surface area contributed by atoms with Crippen LogP contribution >= 0.6 is 11.6 Å². The predicted octanol–water partition coefficient (Wildman–Crippen LogP) is 5.43. The van der Waals surface area contributed by atoms with Crippen molar-refractivity contribution in [1.82, 2.24) is 4.31 Å². The summed E-state index contributed by atoms with van der Waals surface area (Å²) in [5, 5.41) is 3.39. The molecule has 0 saturated heterocycles. The van der Waals surface area contributed by atoms with Gasteiger partial charge in [-0.05, 0) is 80.4 Å². The van der Waals surface area contributed by atoms with Gasteiger partial charge in [0.1, 0.15) is 5.75 Å². The number of carbonyl (C=O) groups is 1. The summed E-state index contributed by atoms with van der Waals surface area (Å²) in [4.78, 5) is 13.1. The van der Waals surface area contributed by atoms with Crippen LogP contribution in [-0.4, -0.2) is 32.3 Å². The Hall–Kier alpha value is -2.87. The van der Waals surface area contributed by atoms with Crippen LogP contribution in [0.3, 0.4) is 0 Å². The Balaban J connectivity index is 1.89. The molecule has 6 nitrogen and oxygen atoms in total. The van der Waals surface area contributed by atoms with Gasteiger partial charge in [0, 0.05) is 35.4 Å². The summed E-state index contributed by atoms with van der Waals surface area (Å²) in [6.45, 7) is 6.22. The number of hydrogen-bond donors (Lipinski definition) is 1. The quantitative estimate of drug-likeness (QED) is 0.460.